The van der Waals surface area contributed by atoms with Gasteiger partial charge in [0.15, 0.2) is 11.6 Å². The van der Waals surface area contributed by atoms with Crippen LogP contribution < -0.4 is 0 Å². The zero-order valence-electron chi connectivity index (χ0n) is 17.6. The van der Waals surface area contributed by atoms with Gasteiger partial charge >= 0.3 is 0 Å². The maximum atomic E-state index is 12.7. The molecule has 1 amide bonds. The normalized spacial score (nSPS) is 20.5. The monoisotopic (exact) mass is 456 g/mol. The van der Waals surface area contributed by atoms with E-state index in [9.17, 15) is 4.79 Å². The number of halogens is 1. The summed E-state index contributed by atoms with van der Waals surface area (Å²) in [5, 5.41) is 13.3. The molecule has 2 atom stereocenters. The van der Waals surface area contributed by atoms with E-state index in [1.807, 2.05) is 33.8 Å². The number of hydrogen-bond donors (Lipinski definition) is 0. The van der Waals surface area contributed by atoms with Gasteiger partial charge in [0.1, 0.15) is 0 Å². The van der Waals surface area contributed by atoms with Crippen LogP contribution in [0.4, 0.5) is 0 Å². The van der Waals surface area contributed by atoms with Crippen molar-refractivity contribution in [3.63, 3.8) is 0 Å². The van der Waals surface area contributed by atoms with Crippen molar-refractivity contribution in [1.29, 1.82) is 0 Å². The van der Waals surface area contributed by atoms with E-state index in [1.54, 1.807) is 12.1 Å². The minimum atomic E-state index is -0.221. The van der Waals surface area contributed by atoms with Crippen LogP contribution in [0.3, 0.4) is 0 Å². The minimum absolute atomic E-state index is 0.0906. The molecule has 1 aromatic carbocycles. The first-order valence-electron chi connectivity index (χ1n) is 10.9. The second-order valence-corrected chi connectivity index (χ2v) is 8.49. The molecule has 3 aromatic rings. The van der Waals surface area contributed by atoms with E-state index >= 15 is 0 Å². The van der Waals surface area contributed by atoms with Crippen molar-refractivity contribution in [2.45, 2.75) is 31.5 Å². The molecule has 2 aromatic heterocycles. The molecular formula is C22H25ClN6O3. The lowest BCUT2D eigenvalue weighted by molar-refractivity contribution is 0.0551. The van der Waals surface area contributed by atoms with Gasteiger partial charge in [-0.15, -0.1) is 5.10 Å². The Hall–Kier alpha value is -2.75. The smallest absolute Gasteiger partial charge is 0.289 e. The molecule has 2 saturated heterocycles. The average molecular weight is 457 g/mol. The maximum Gasteiger partial charge on any atom is 0.289 e. The summed E-state index contributed by atoms with van der Waals surface area (Å²) in [4.78, 5) is 16.8. The van der Waals surface area contributed by atoms with Crippen LogP contribution >= 0.6 is 11.6 Å². The highest BCUT2D eigenvalue weighted by Gasteiger charge is 2.34. The van der Waals surface area contributed by atoms with Crippen LogP contribution in [-0.4, -0.2) is 74.8 Å². The summed E-state index contributed by atoms with van der Waals surface area (Å²) >= 11 is 6.62. The number of furan rings is 1. The van der Waals surface area contributed by atoms with Crippen LogP contribution in [0, 0.1) is 0 Å². The molecule has 0 N–H and O–H groups in total. The van der Waals surface area contributed by atoms with Gasteiger partial charge in [-0.25, -0.2) is 4.68 Å². The van der Waals surface area contributed by atoms with E-state index in [1.165, 1.54) is 6.26 Å². The summed E-state index contributed by atoms with van der Waals surface area (Å²) < 4.78 is 12.9. The van der Waals surface area contributed by atoms with Gasteiger partial charge in [-0.3, -0.25) is 9.69 Å². The zero-order chi connectivity index (χ0) is 21.9. The lowest BCUT2D eigenvalue weighted by atomic mass is 10.0. The lowest BCUT2D eigenvalue weighted by Crippen LogP contribution is -2.50. The van der Waals surface area contributed by atoms with Crippen molar-refractivity contribution in [3.8, 4) is 0 Å². The van der Waals surface area contributed by atoms with Crippen molar-refractivity contribution in [2.75, 3.05) is 32.8 Å². The Bertz CT molecular complexity index is 1040. The van der Waals surface area contributed by atoms with Crippen LogP contribution in [0.1, 0.15) is 40.8 Å². The molecule has 2 aliphatic heterocycles. The van der Waals surface area contributed by atoms with Crippen LogP contribution in [-0.2, 0) is 11.3 Å². The van der Waals surface area contributed by atoms with Crippen molar-refractivity contribution in [2.24, 2.45) is 0 Å². The predicted octanol–water partition coefficient (Wildman–Crippen LogP) is 2.65. The summed E-state index contributed by atoms with van der Waals surface area (Å²) in [7, 11) is 0. The topological polar surface area (TPSA) is 89.5 Å². The molecule has 2 fully saturated rings. The van der Waals surface area contributed by atoms with Crippen LogP contribution in [0.25, 0.3) is 0 Å². The number of hydrogen-bond acceptors (Lipinski definition) is 7. The number of carbonyl (C=O) groups excluding carboxylic acids is 1. The number of rotatable bonds is 6. The van der Waals surface area contributed by atoms with Gasteiger partial charge < -0.3 is 14.1 Å². The number of nitrogens with zero attached hydrogens (tertiary/aromatic N) is 6. The molecule has 9 nitrogen and oxygen atoms in total. The Labute approximate surface area is 190 Å². The first-order chi connectivity index (χ1) is 15.7. The number of aromatic nitrogens is 4. The molecule has 32 heavy (non-hydrogen) atoms. The summed E-state index contributed by atoms with van der Waals surface area (Å²) in [6, 6.07) is 11.0. The first-order valence-corrected chi connectivity index (χ1v) is 11.3. The van der Waals surface area contributed by atoms with Crippen LogP contribution in [0.2, 0.25) is 5.02 Å². The van der Waals surface area contributed by atoms with Gasteiger partial charge in [0, 0.05) is 37.8 Å². The third-order valence-electron chi connectivity index (χ3n) is 6.10. The predicted molar refractivity (Wildman–Crippen MR) is 116 cm³/mol. The first kappa shape index (κ1) is 21.1. The number of piperazine rings is 1. The second kappa shape index (κ2) is 9.40. The molecule has 0 saturated carbocycles. The van der Waals surface area contributed by atoms with E-state index in [0.717, 1.165) is 30.8 Å². The van der Waals surface area contributed by atoms with Gasteiger partial charge in [-0.2, -0.15) is 0 Å². The summed E-state index contributed by atoms with van der Waals surface area (Å²) in [5.41, 5.74) is 0.948. The summed E-state index contributed by atoms with van der Waals surface area (Å²) in [6.07, 6.45) is 3.70. The van der Waals surface area contributed by atoms with Crippen molar-refractivity contribution in [1.82, 2.24) is 30.0 Å². The highest BCUT2D eigenvalue weighted by atomic mass is 35.5. The van der Waals surface area contributed by atoms with E-state index in [2.05, 4.69) is 20.4 Å². The van der Waals surface area contributed by atoms with Crippen LogP contribution in [0.15, 0.2) is 47.1 Å². The number of tetrazole rings is 1. The molecule has 0 bridgehead atoms. The second-order valence-electron chi connectivity index (χ2n) is 8.08. The minimum Gasteiger partial charge on any atom is -0.459 e. The maximum absolute atomic E-state index is 12.7. The molecule has 5 rings (SSSR count). The number of benzene rings is 1. The highest BCUT2D eigenvalue weighted by molar-refractivity contribution is 6.31. The fourth-order valence-electron chi connectivity index (χ4n) is 4.45. The Morgan fingerprint density at radius 2 is 2.00 bits per heavy atom. The number of amides is 1. The molecule has 0 spiro atoms. The number of carbonyl (C=O) groups is 1. The zero-order valence-corrected chi connectivity index (χ0v) is 18.4. The fraction of sp³-hybridized carbons (Fsp3) is 0.455. The molecule has 2 aliphatic rings. The average Bonchev–Trinajstić information content (AvgIpc) is 3.60. The Kier molecular flexibility index (Phi) is 6.20. The Morgan fingerprint density at radius 1 is 1.16 bits per heavy atom. The summed E-state index contributed by atoms with van der Waals surface area (Å²) in [5.74, 6) is 1.01. The van der Waals surface area contributed by atoms with Crippen molar-refractivity contribution >= 4 is 17.5 Å². The third-order valence-corrected chi connectivity index (χ3v) is 6.45. The largest absolute Gasteiger partial charge is 0.459 e. The fourth-order valence-corrected chi connectivity index (χ4v) is 4.69. The SMILES string of the molecule is O=C(c1ccco1)N1CCN([C@@H](c2ccccc2Cl)c2nnnn2C[C@@H]2CCCO2)CC1. The van der Waals surface area contributed by atoms with Gasteiger partial charge in [0.2, 0.25) is 0 Å². The van der Waals surface area contributed by atoms with Gasteiger partial charge in [-0.05, 0) is 47.0 Å². The van der Waals surface area contributed by atoms with Crippen molar-refractivity contribution in [3.05, 3.63) is 64.8 Å². The molecule has 10 heteroatoms. The van der Waals surface area contributed by atoms with E-state index in [4.69, 9.17) is 20.8 Å². The Balaban J connectivity index is 1.39. The Morgan fingerprint density at radius 3 is 2.72 bits per heavy atom. The molecular weight excluding hydrogens is 432 g/mol. The third kappa shape index (κ3) is 4.28. The molecule has 168 valence electrons. The quantitative estimate of drug-likeness (QED) is 0.563. The van der Waals surface area contributed by atoms with Gasteiger partial charge in [-0.1, -0.05) is 29.8 Å². The van der Waals surface area contributed by atoms with Gasteiger partial charge in [0.25, 0.3) is 5.91 Å². The van der Waals surface area contributed by atoms with Gasteiger partial charge in [0.05, 0.1) is 25.0 Å². The lowest BCUT2D eigenvalue weighted by Gasteiger charge is -2.38. The number of ether oxygens (including phenoxy) is 1. The standard InChI is InChI=1S/C22H25ClN6O3/c23-18-7-2-1-6-17(18)20(21-24-25-26-29(21)15-16-5-3-13-31-16)27-9-11-28(12-10-27)22(30)19-8-4-14-32-19/h1-2,4,6-8,14,16,20H,3,5,9-13,15H2/t16-,20-/m0/s1. The molecule has 0 unspecified atom stereocenters. The molecule has 0 aliphatic carbocycles. The summed E-state index contributed by atoms with van der Waals surface area (Å²) in [6.45, 7) is 3.87. The van der Waals surface area contributed by atoms with E-state index in [0.29, 0.717) is 43.5 Å². The molecule has 4 heterocycles. The van der Waals surface area contributed by atoms with E-state index in [-0.39, 0.29) is 18.1 Å². The highest BCUT2D eigenvalue weighted by Crippen LogP contribution is 2.33. The molecule has 0 radical (unpaired) electrons. The van der Waals surface area contributed by atoms with Crippen molar-refractivity contribution < 1.29 is 13.9 Å². The van der Waals surface area contributed by atoms with E-state index < -0.39 is 0 Å². The van der Waals surface area contributed by atoms with Crippen LogP contribution in [0.5, 0.6) is 0 Å².